The van der Waals surface area contributed by atoms with E-state index in [4.69, 9.17) is 0 Å². The van der Waals surface area contributed by atoms with Gasteiger partial charge in [-0.25, -0.2) is 8.42 Å². The Balaban J connectivity index is 1.64. The van der Waals surface area contributed by atoms with E-state index < -0.39 is 9.84 Å². The fourth-order valence-electron chi connectivity index (χ4n) is 3.18. The predicted molar refractivity (Wildman–Crippen MR) is 92.8 cm³/mol. The highest BCUT2D eigenvalue weighted by Crippen LogP contribution is 2.38. The molecule has 1 aliphatic carbocycles. The van der Waals surface area contributed by atoms with Crippen molar-refractivity contribution in [1.29, 1.82) is 0 Å². The number of nitrogens with zero attached hydrogens (tertiary/aromatic N) is 4. The molecule has 9 heteroatoms. The predicted octanol–water partition coefficient (Wildman–Crippen LogP) is 1.44. The lowest BCUT2D eigenvalue weighted by Crippen LogP contribution is -2.42. The van der Waals surface area contributed by atoms with Crippen molar-refractivity contribution in [3.63, 3.8) is 0 Å². The molecule has 1 aliphatic heterocycles. The Morgan fingerprint density at radius 3 is 2.67 bits per heavy atom. The van der Waals surface area contributed by atoms with Gasteiger partial charge in [-0.3, -0.25) is 4.79 Å². The van der Waals surface area contributed by atoms with E-state index in [1.807, 2.05) is 13.8 Å². The van der Waals surface area contributed by atoms with Crippen molar-refractivity contribution in [1.82, 2.24) is 19.7 Å². The van der Waals surface area contributed by atoms with Gasteiger partial charge >= 0.3 is 0 Å². The summed E-state index contributed by atoms with van der Waals surface area (Å²) >= 11 is 1.41. The Bertz CT molecular complexity index is 712. The van der Waals surface area contributed by atoms with E-state index in [2.05, 4.69) is 14.8 Å². The van der Waals surface area contributed by atoms with Gasteiger partial charge in [-0.2, -0.15) is 0 Å². The Labute approximate surface area is 147 Å². The molecule has 0 bridgehead atoms. The summed E-state index contributed by atoms with van der Waals surface area (Å²) in [6, 6.07) is 0.301. The monoisotopic (exact) mass is 372 g/mol. The quantitative estimate of drug-likeness (QED) is 0.673. The van der Waals surface area contributed by atoms with Crippen molar-refractivity contribution in [2.45, 2.75) is 56.8 Å². The molecule has 1 aromatic heterocycles. The Morgan fingerprint density at radius 1 is 1.33 bits per heavy atom. The lowest BCUT2D eigenvalue weighted by Gasteiger charge is -2.27. The number of rotatable bonds is 7. The number of aryl methyl sites for hydroxylation is 1. The number of hydrogen-bond donors (Lipinski definition) is 0. The van der Waals surface area contributed by atoms with Gasteiger partial charge in [0.05, 0.1) is 17.3 Å². The first kappa shape index (κ1) is 17.7. The lowest BCUT2D eigenvalue weighted by atomic mass is 10.2. The third-order valence-corrected chi connectivity index (χ3v) is 7.18. The van der Waals surface area contributed by atoms with Crippen molar-refractivity contribution in [2.24, 2.45) is 0 Å². The van der Waals surface area contributed by atoms with E-state index in [9.17, 15) is 13.2 Å². The average molecular weight is 373 g/mol. The lowest BCUT2D eigenvalue weighted by molar-refractivity contribution is -0.130. The highest BCUT2D eigenvalue weighted by molar-refractivity contribution is 7.99. The number of hydrogen-bond acceptors (Lipinski definition) is 6. The maximum absolute atomic E-state index is 12.7. The normalized spacial score (nSPS) is 22.7. The fraction of sp³-hybridized carbons (Fsp3) is 0.800. The number of carbonyl (C=O) groups is 1. The molecule has 1 aromatic rings. The SMILES string of the molecule is CCCN(C(=O)CSc1nnc(C)n1C1CC1)C1CCS(=O)(=O)C1. The van der Waals surface area contributed by atoms with E-state index in [0.717, 1.165) is 30.2 Å². The van der Waals surface area contributed by atoms with Crippen LogP contribution in [-0.4, -0.2) is 63.8 Å². The van der Waals surface area contributed by atoms with Gasteiger partial charge in [0.15, 0.2) is 15.0 Å². The number of aromatic nitrogens is 3. The summed E-state index contributed by atoms with van der Waals surface area (Å²) in [5, 5.41) is 9.10. The number of carbonyl (C=O) groups excluding carboxylic acids is 1. The smallest absolute Gasteiger partial charge is 0.233 e. The molecule has 0 aromatic carbocycles. The minimum Gasteiger partial charge on any atom is -0.338 e. The van der Waals surface area contributed by atoms with Crippen LogP contribution >= 0.6 is 11.8 Å². The van der Waals surface area contributed by atoms with Crippen LogP contribution in [0.1, 0.15) is 44.5 Å². The van der Waals surface area contributed by atoms with Crippen LogP contribution in [-0.2, 0) is 14.6 Å². The number of thioether (sulfide) groups is 1. The van der Waals surface area contributed by atoms with Crippen molar-refractivity contribution < 1.29 is 13.2 Å². The largest absolute Gasteiger partial charge is 0.338 e. The highest BCUT2D eigenvalue weighted by Gasteiger charge is 2.34. The molecule has 2 fully saturated rings. The zero-order valence-electron chi connectivity index (χ0n) is 14.1. The number of sulfone groups is 1. The Hall–Kier alpha value is -1.09. The van der Waals surface area contributed by atoms with E-state index in [1.54, 1.807) is 4.90 Å². The second kappa shape index (κ2) is 7.03. The molecule has 3 rings (SSSR count). The van der Waals surface area contributed by atoms with Gasteiger partial charge in [0, 0.05) is 18.6 Å². The molecule has 134 valence electrons. The van der Waals surface area contributed by atoms with Crippen molar-refractivity contribution in [3.8, 4) is 0 Å². The molecule has 2 heterocycles. The van der Waals surface area contributed by atoms with E-state index >= 15 is 0 Å². The van der Waals surface area contributed by atoms with Gasteiger partial charge in [-0.1, -0.05) is 18.7 Å². The number of amides is 1. The van der Waals surface area contributed by atoms with Crippen LogP contribution in [0.3, 0.4) is 0 Å². The van der Waals surface area contributed by atoms with Crippen LogP contribution in [0.15, 0.2) is 5.16 Å². The van der Waals surface area contributed by atoms with Crippen molar-refractivity contribution in [3.05, 3.63) is 5.82 Å². The standard InChI is InChI=1S/C15H24N4O3S2/c1-3-7-18(13-6-8-24(21,22)10-13)14(20)9-23-15-17-16-11(2)19(15)12-4-5-12/h12-13H,3-10H2,1-2H3. The molecule has 1 saturated heterocycles. The maximum Gasteiger partial charge on any atom is 0.233 e. The van der Waals surface area contributed by atoms with E-state index in [0.29, 0.717) is 19.0 Å². The van der Waals surface area contributed by atoms with E-state index in [-0.39, 0.29) is 29.2 Å². The van der Waals surface area contributed by atoms with Gasteiger partial charge in [-0.15, -0.1) is 10.2 Å². The minimum absolute atomic E-state index is 0.00745. The maximum atomic E-state index is 12.7. The molecule has 2 aliphatic rings. The van der Waals surface area contributed by atoms with Crippen LogP contribution in [0.5, 0.6) is 0 Å². The van der Waals surface area contributed by atoms with Gasteiger partial charge in [0.2, 0.25) is 5.91 Å². The average Bonchev–Trinajstić information content (AvgIpc) is 3.20. The summed E-state index contributed by atoms with van der Waals surface area (Å²) in [6.45, 7) is 4.54. The summed E-state index contributed by atoms with van der Waals surface area (Å²) in [4.78, 5) is 14.4. The molecule has 7 nitrogen and oxygen atoms in total. The van der Waals surface area contributed by atoms with Crippen molar-refractivity contribution >= 4 is 27.5 Å². The zero-order valence-corrected chi connectivity index (χ0v) is 15.8. The summed E-state index contributed by atoms with van der Waals surface area (Å²) in [7, 11) is -2.99. The second-order valence-corrected chi connectivity index (χ2v) is 9.73. The topological polar surface area (TPSA) is 85.2 Å². The molecular weight excluding hydrogens is 348 g/mol. The van der Waals surface area contributed by atoms with Crippen molar-refractivity contribution in [2.75, 3.05) is 23.8 Å². The fourth-order valence-corrected chi connectivity index (χ4v) is 5.85. The van der Waals surface area contributed by atoms with Gasteiger partial charge < -0.3 is 9.47 Å². The van der Waals surface area contributed by atoms with Crippen LogP contribution in [0.4, 0.5) is 0 Å². The summed E-state index contributed by atoms with van der Waals surface area (Å²) in [5.41, 5.74) is 0. The van der Waals surface area contributed by atoms with Crippen LogP contribution in [0.25, 0.3) is 0 Å². The molecule has 0 spiro atoms. The molecule has 0 N–H and O–H groups in total. The Morgan fingerprint density at radius 2 is 2.08 bits per heavy atom. The second-order valence-electron chi connectivity index (χ2n) is 6.56. The third kappa shape index (κ3) is 3.93. The molecule has 0 radical (unpaired) electrons. The molecule has 1 saturated carbocycles. The van der Waals surface area contributed by atoms with Gasteiger partial charge in [0.1, 0.15) is 5.82 Å². The first-order valence-electron chi connectivity index (χ1n) is 8.45. The first-order chi connectivity index (χ1) is 11.4. The minimum atomic E-state index is -2.99. The van der Waals surface area contributed by atoms with Crippen LogP contribution < -0.4 is 0 Å². The Kier molecular flexibility index (Phi) is 5.19. The van der Waals surface area contributed by atoms with E-state index in [1.165, 1.54) is 11.8 Å². The molecule has 1 amide bonds. The highest BCUT2D eigenvalue weighted by atomic mass is 32.2. The summed E-state index contributed by atoms with van der Waals surface area (Å²) in [6.07, 6.45) is 3.66. The van der Waals surface area contributed by atoms with Gasteiger partial charge in [-0.05, 0) is 32.6 Å². The van der Waals surface area contributed by atoms with Crippen LogP contribution in [0, 0.1) is 6.92 Å². The van der Waals surface area contributed by atoms with Crippen LogP contribution in [0.2, 0.25) is 0 Å². The molecule has 1 atom stereocenters. The third-order valence-electron chi connectivity index (χ3n) is 4.51. The first-order valence-corrected chi connectivity index (χ1v) is 11.3. The summed E-state index contributed by atoms with van der Waals surface area (Å²) < 4.78 is 25.5. The molecule has 1 unspecified atom stereocenters. The summed E-state index contributed by atoms with van der Waals surface area (Å²) in [5.74, 6) is 1.45. The van der Waals surface area contributed by atoms with Gasteiger partial charge in [0.25, 0.3) is 0 Å². The molecular formula is C15H24N4O3S2. The zero-order chi connectivity index (χ0) is 17.3. The molecule has 24 heavy (non-hydrogen) atoms.